The minimum absolute atomic E-state index is 0.0149. The van der Waals surface area contributed by atoms with Gasteiger partial charge in [-0.3, -0.25) is 0 Å². The quantitative estimate of drug-likeness (QED) is 0.142. The largest absolute Gasteiger partial charge is 0.456 e. The summed E-state index contributed by atoms with van der Waals surface area (Å²) in [7, 11) is 0. The molecule has 13 aromatic carbocycles. The molecule has 0 radical (unpaired) electrons. The Morgan fingerprint density at radius 3 is 1.31 bits per heavy atom. The summed E-state index contributed by atoms with van der Waals surface area (Å²) >= 11 is 0. The molecular weight excluding hydrogens is 1250 g/mol. The van der Waals surface area contributed by atoms with E-state index in [9.17, 15) is 0 Å². The molecule has 0 amide bonds. The number of benzene rings is 13. The molecule has 4 heterocycles. The normalized spacial score (nSPS) is 13.3. The Morgan fingerprint density at radius 1 is 0.272 bits per heavy atom. The van der Waals surface area contributed by atoms with Crippen molar-refractivity contribution in [3.63, 3.8) is 0 Å². The van der Waals surface area contributed by atoms with Crippen molar-refractivity contribution >= 4 is 101 Å². The predicted octanol–water partition coefficient (Wildman–Crippen LogP) is 25.6. The average Bonchev–Trinajstić information content (AvgIpc) is 1.57. The van der Waals surface area contributed by atoms with Crippen LogP contribution in [0.5, 0.6) is 0 Å². The fraction of sp³-hybridized carbons (Fsp3) is 0.204. The molecule has 17 rings (SSSR count). The van der Waals surface area contributed by atoms with Crippen LogP contribution in [-0.4, -0.2) is 11.3 Å². The first-order valence-electron chi connectivity index (χ1n) is 36.9. The van der Waals surface area contributed by atoms with Crippen molar-refractivity contribution in [1.29, 1.82) is 0 Å². The Bertz CT molecular complexity index is 5860. The third kappa shape index (κ3) is 11.2. The fourth-order valence-corrected chi connectivity index (χ4v) is 16.3. The molecule has 0 N–H and O–H groups in total. The molecule has 5 heteroatoms. The Balaban J connectivity index is 1.08. The van der Waals surface area contributed by atoms with Crippen LogP contribution in [0.4, 0.5) is 34.1 Å². The monoisotopic (exact) mass is 1340 g/mol. The van der Waals surface area contributed by atoms with E-state index in [2.05, 4.69) is 391 Å². The van der Waals surface area contributed by atoms with Gasteiger partial charge in [-0.15, -0.1) is 0 Å². The SMILES string of the molecule is CC(C)(C)c1ccc(-n2c3ccccc3c3c(N4c5cc(-c6cccc(C(C)(C)C)c6)ccc5B5c6ccc(-c7cccc(C(C)(C)C)c7)cc6N(c6cc(-c7ccccc7)cc7oc8ccccc8c67)c6cc(-c7cc(C(C)(C)C)cc(C(C)(C)C)c7)cc4c65)c(-c4ccccc4)ccc32)cc1. The Hall–Kier alpha value is -10.9. The minimum atomic E-state index is -0.233. The van der Waals surface area contributed by atoms with E-state index >= 15 is 0 Å². The standard InChI is InChI=1S/C98H90BN3O/c1-94(2,3)70-42-44-75(45-43-70)100-81-38-24-22-36-77(81)91-82(100)49-46-76(62-30-20-17-21-31-62)93(91)102-84-55-66(64-33-27-35-72(51-64)96(7,8)9)41-48-80(84)99-79-47-40-65(63-32-26-34-71(50-63)95(4,5)6)54-83(79)101(85-56-69(61-28-18-16-19-29-61)59-89-90(85)78-37-23-25-39-88(78)103-89)86-57-68(58-87(102)92(86)99)67-52-73(97(10,11)12)60-74(53-67)98(13,14)15/h16-60H,1-15H3. The number of rotatable bonds is 8. The number of hydrogen-bond acceptors (Lipinski definition) is 3. The highest BCUT2D eigenvalue weighted by Gasteiger charge is 2.46. The van der Waals surface area contributed by atoms with Gasteiger partial charge in [0.2, 0.25) is 0 Å². The van der Waals surface area contributed by atoms with Gasteiger partial charge in [0.25, 0.3) is 6.71 Å². The van der Waals surface area contributed by atoms with Gasteiger partial charge in [0.15, 0.2) is 0 Å². The van der Waals surface area contributed by atoms with Gasteiger partial charge in [-0.05, 0) is 188 Å². The Morgan fingerprint density at radius 2 is 0.728 bits per heavy atom. The van der Waals surface area contributed by atoms with E-state index in [1.165, 1.54) is 71.7 Å². The van der Waals surface area contributed by atoms with Crippen molar-refractivity contribution in [2.24, 2.45) is 0 Å². The zero-order valence-corrected chi connectivity index (χ0v) is 62.3. The zero-order valence-electron chi connectivity index (χ0n) is 62.3. The van der Waals surface area contributed by atoms with E-state index in [0.29, 0.717) is 0 Å². The maximum Gasteiger partial charge on any atom is 0.252 e. The van der Waals surface area contributed by atoms with Crippen molar-refractivity contribution in [1.82, 2.24) is 4.57 Å². The highest BCUT2D eigenvalue weighted by atomic mass is 16.3. The topological polar surface area (TPSA) is 24.6 Å². The van der Waals surface area contributed by atoms with Crippen LogP contribution in [0.1, 0.15) is 132 Å². The fourth-order valence-electron chi connectivity index (χ4n) is 16.3. The summed E-state index contributed by atoms with van der Waals surface area (Å²) < 4.78 is 9.68. The number of nitrogens with zero attached hydrogens (tertiary/aromatic N) is 3. The molecule has 0 aliphatic carbocycles. The lowest BCUT2D eigenvalue weighted by molar-refractivity contribution is 0.569. The smallest absolute Gasteiger partial charge is 0.252 e. The van der Waals surface area contributed by atoms with Crippen LogP contribution in [0.25, 0.3) is 105 Å². The van der Waals surface area contributed by atoms with E-state index in [0.717, 1.165) is 112 Å². The number of hydrogen-bond donors (Lipinski definition) is 0. The molecule has 0 fully saturated rings. The highest BCUT2D eigenvalue weighted by Crippen LogP contribution is 2.55. The molecular formula is C98H90BN3O. The summed E-state index contributed by atoms with van der Waals surface area (Å²) in [4.78, 5) is 5.41. The van der Waals surface area contributed by atoms with Gasteiger partial charge >= 0.3 is 0 Å². The summed E-state index contributed by atoms with van der Waals surface area (Å²) in [5, 5.41) is 4.50. The van der Waals surface area contributed by atoms with E-state index < -0.39 is 0 Å². The van der Waals surface area contributed by atoms with Crippen molar-refractivity contribution < 1.29 is 4.42 Å². The zero-order chi connectivity index (χ0) is 71.4. The maximum absolute atomic E-state index is 7.16. The molecule has 0 unspecified atom stereocenters. The molecule has 2 aromatic heterocycles. The van der Waals surface area contributed by atoms with Crippen LogP contribution in [0.3, 0.4) is 0 Å². The van der Waals surface area contributed by atoms with Gasteiger partial charge in [-0.2, -0.15) is 0 Å². The Kier molecular flexibility index (Phi) is 15.2. The average molecular weight is 1340 g/mol. The van der Waals surface area contributed by atoms with Crippen LogP contribution < -0.4 is 26.2 Å². The number of para-hydroxylation sites is 2. The molecule has 0 spiro atoms. The second-order valence-corrected chi connectivity index (χ2v) is 34.2. The second-order valence-electron chi connectivity index (χ2n) is 34.2. The van der Waals surface area contributed by atoms with Crippen molar-refractivity contribution in [2.45, 2.75) is 131 Å². The number of fused-ring (bicyclic) bond motifs is 10. The van der Waals surface area contributed by atoms with Crippen LogP contribution in [0.2, 0.25) is 0 Å². The third-order valence-electron chi connectivity index (χ3n) is 22.1. The molecule has 0 atom stereocenters. The summed E-state index contributed by atoms with van der Waals surface area (Å²) in [6.45, 7) is 34.8. The number of anilines is 6. The lowest BCUT2D eigenvalue weighted by Gasteiger charge is -2.45. The number of aromatic nitrogens is 1. The first-order valence-corrected chi connectivity index (χ1v) is 36.9. The molecule has 103 heavy (non-hydrogen) atoms. The van der Waals surface area contributed by atoms with Gasteiger partial charge in [-0.25, -0.2) is 0 Å². The van der Waals surface area contributed by atoms with Crippen LogP contribution in [-0.2, 0) is 27.1 Å². The van der Waals surface area contributed by atoms with E-state index in [4.69, 9.17) is 4.42 Å². The first kappa shape index (κ1) is 65.4. The first-order chi connectivity index (χ1) is 49.2. The second kappa shape index (κ2) is 23.9. The molecule has 0 saturated carbocycles. The van der Waals surface area contributed by atoms with Crippen molar-refractivity contribution in [3.05, 3.63) is 301 Å². The van der Waals surface area contributed by atoms with Gasteiger partial charge in [0, 0.05) is 50.2 Å². The predicted molar refractivity (Wildman–Crippen MR) is 443 cm³/mol. The molecule has 15 aromatic rings. The summed E-state index contributed by atoms with van der Waals surface area (Å²) in [5.74, 6) is 0. The molecule has 2 aliphatic heterocycles. The van der Waals surface area contributed by atoms with E-state index in [-0.39, 0.29) is 33.8 Å². The lowest BCUT2D eigenvalue weighted by atomic mass is 9.33. The summed E-state index contributed by atoms with van der Waals surface area (Å²) in [6, 6.07) is 105. The maximum atomic E-state index is 7.16. The van der Waals surface area contributed by atoms with Crippen LogP contribution in [0, 0.1) is 0 Å². The summed E-state index contributed by atoms with van der Waals surface area (Å²) in [5.41, 5.74) is 33.0. The van der Waals surface area contributed by atoms with Crippen LogP contribution >= 0.6 is 0 Å². The molecule has 0 saturated heterocycles. The van der Waals surface area contributed by atoms with Crippen molar-refractivity contribution in [3.8, 4) is 61.3 Å². The highest BCUT2D eigenvalue weighted by molar-refractivity contribution is 7.00. The van der Waals surface area contributed by atoms with E-state index in [1.807, 2.05) is 0 Å². The number of furan rings is 1. The summed E-state index contributed by atoms with van der Waals surface area (Å²) in [6.07, 6.45) is 0. The third-order valence-corrected chi connectivity index (χ3v) is 22.1. The van der Waals surface area contributed by atoms with Gasteiger partial charge in [0.05, 0.1) is 27.8 Å². The lowest BCUT2D eigenvalue weighted by Crippen LogP contribution is -2.61. The van der Waals surface area contributed by atoms with Crippen molar-refractivity contribution in [2.75, 3.05) is 9.80 Å². The van der Waals surface area contributed by atoms with Gasteiger partial charge in [0.1, 0.15) is 11.2 Å². The van der Waals surface area contributed by atoms with Gasteiger partial charge < -0.3 is 18.8 Å². The molecule has 506 valence electrons. The molecule has 2 aliphatic rings. The van der Waals surface area contributed by atoms with Crippen LogP contribution in [0.15, 0.2) is 277 Å². The minimum Gasteiger partial charge on any atom is -0.456 e. The Labute approximate surface area is 609 Å². The van der Waals surface area contributed by atoms with E-state index in [1.54, 1.807) is 0 Å². The van der Waals surface area contributed by atoms with Gasteiger partial charge in [-0.1, -0.05) is 310 Å². The molecule has 4 nitrogen and oxygen atoms in total. The molecule has 0 bridgehead atoms.